The van der Waals surface area contributed by atoms with Crippen LogP contribution in [0.3, 0.4) is 0 Å². The van der Waals surface area contributed by atoms with Crippen molar-refractivity contribution in [2.24, 2.45) is 0 Å². The second kappa shape index (κ2) is 10.8. The summed E-state index contributed by atoms with van der Waals surface area (Å²) in [7, 11) is -3.93. The lowest BCUT2D eigenvalue weighted by molar-refractivity contribution is 0.0211. The number of nitrogen functional groups attached to an aromatic ring is 1. The van der Waals surface area contributed by atoms with E-state index in [4.69, 9.17) is 27.2 Å². The average molecular weight is 619 g/mol. The van der Waals surface area contributed by atoms with Crippen LogP contribution in [0, 0.1) is 5.82 Å². The van der Waals surface area contributed by atoms with Gasteiger partial charge in [-0.2, -0.15) is 5.10 Å². The normalized spacial score (nSPS) is 15.4. The quantitative estimate of drug-likeness (QED) is 0.179. The summed E-state index contributed by atoms with van der Waals surface area (Å²) in [6.45, 7) is 1.40. The molecule has 0 bridgehead atoms. The number of sulfonamides is 1. The van der Waals surface area contributed by atoms with E-state index in [0.29, 0.717) is 46.5 Å². The molecule has 4 N–H and O–H groups in total. The molecule has 220 valence electrons. The minimum absolute atomic E-state index is 0.171. The zero-order valence-corrected chi connectivity index (χ0v) is 24.5. The second-order valence-corrected chi connectivity index (χ2v) is 13.0. The number of benzene rings is 3. The van der Waals surface area contributed by atoms with Crippen molar-refractivity contribution in [3.05, 3.63) is 89.3 Å². The molecule has 0 atom stereocenters. The first-order valence-corrected chi connectivity index (χ1v) is 15.9. The third kappa shape index (κ3) is 5.51. The maximum absolute atomic E-state index is 15.4. The molecule has 3 aromatic carbocycles. The number of nitrogens with zero attached hydrogens (tertiary/aromatic N) is 3. The summed E-state index contributed by atoms with van der Waals surface area (Å²) in [6, 6.07) is 19.6. The van der Waals surface area contributed by atoms with Gasteiger partial charge in [0, 0.05) is 28.0 Å². The molecule has 7 rings (SSSR count). The molecule has 2 aromatic heterocycles. The van der Waals surface area contributed by atoms with Gasteiger partial charge in [0.1, 0.15) is 17.3 Å². The minimum atomic E-state index is -3.93. The summed E-state index contributed by atoms with van der Waals surface area (Å²) in [6.07, 6.45) is 3.71. The maximum atomic E-state index is 15.4. The molecular weight excluding hydrogens is 591 g/mol. The number of aromatic nitrogens is 3. The third-order valence-electron chi connectivity index (χ3n) is 7.66. The minimum Gasteiger partial charge on any atom is -0.383 e. The number of hydrogen-bond donors (Lipinski definition) is 3. The topological polar surface area (TPSA) is 124 Å². The Morgan fingerprint density at radius 3 is 2.47 bits per heavy atom. The van der Waals surface area contributed by atoms with Gasteiger partial charge < -0.3 is 15.8 Å². The predicted molar refractivity (Wildman–Crippen MR) is 167 cm³/mol. The van der Waals surface area contributed by atoms with Crippen LogP contribution < -0.4 is 15.8 Å². The third-order valence-corrected chi connectivity index (χ3v) is 9.25. The van der Waals surface area contributed by atoms with Crippen molar-refractivity contribution in [2.75, 3.05) is 29.0 Å². The Labute approximate surface area is 252 Å². The van der Waals surface area contributed by atoms with Crippen LogP contribution >= 0.6 is 11.6 Å². The standard InChI is InChI=1S/C31H28ClFN6O3S/c32-25-4-2-1-3-20(25)17-43(40,41)38-27-12-7-19(13-26(27)33)29-28-30(39(37-29)23-10-11-23)24(14-35-31(28)34)18-5-8-21(9-6-18)36-22-15-42-16-22/h1-9,12-14,22-23,36,38H,10-11,15-17H2,(H2,34,35). The number of nitrogens with two attached hydrogens (primary N) is 1. The highest BCUT2D eigenvalue weighted by atomic mass is 35.5. The van der Waals surface area contributed by atoms with Gasteiger partial charge in [-0.3, -0.25) is 9.40 Å². The zero-order chi connectivity index (χ0) is 29.7. The molecule has 12 heteroatoms. The van der Waals surface area contributed by atoms with Gasteiger partial charge in [0.05, 0.1) is 47.6 Å². The second-order valence-electron chi connectivity index (χ2n) is 10.9. The first-order chi connectivity index (χ1) is 20.8. The molecule has 43 heavy (non-hydrogen) atoms. The van der Waals surface area contributed by atoms with Gasteiger partial charge >= 0.3 is 0 Å². The lowest BCUT2D eigenvalue weighted by Gasteiger charge is -2.27. The fourth-order valence-corrected chi connectivity index (χ4v) is 6.78. The first-order valence-electron chi connectivity index (χ1n) is 13.9. The number of pyridine rings is 1. The van der Waals surface area contributed by atoms with Gasteiger partial charge in [-0.1, -0.05) is 48.0 Å². The van der Waals surface area contributed by atoms with Crippen molar-refractivity contribution in [2.45, 2.75) is 30.7 Å². The lowest BCUT2D eigenvalue weighted by Crippen LogP contribution is -2.40. The van der Waals surface area contributed by atoms with Crippen molar-refractivity contribution >= 4 is 49.7 Å². The molecular formula is C31H28ClFN6O3S. The molecule has 1 aliphatic carbocycles. The molecule has 2 fully saturated rings. The van der Waals surface area contributed by atoms with Crippen LogP contribution in [0.15, 0.2) is 72.9 Å². The highest BCUT2D eigenvalue weighted by Gasteiger charge is 2.31. The highest BCUT2D eigenvalue weighted by molar-refractivity contribution is 7.91. The van der Waals surface area contributed by atoms with E-state index in [1.807, 2.05) is 28.9 Å². The van der Waals surface area contributed by atoms with Crippen molar-refractivity contribution in [1.29, 1.82) is 0 Å². The number of hydrogen-bond acceptors (Lipinski definition) is 7. The summed E-state index contributed by atoms with van der Waals surface area (Å²) in [5.41, 5.74) is 11.3. The van der Waals surface area contributed by atoms with Crippen LogP contribution in [0.1, 0.15) is 24.4 Å². The van der Waals surface area contributed by atoms with Gasteiger partial charge in [0.25, 0.3) is 0 Å². The Morgan fingerprint density at radius 2 is 1.79 bits per heavy atom. The van der Waals surface area contributed by atoms with Crippen LogP contribution in [0.2, 0.25) is 5.02 Å². The van der Waals surface area contributed by atoms with E-state index in [0.717, 1.165) is 35.2 Å². The van der Waals surface area contributed by atoms with Gasteiger partial charge in [-0.25, -0.2) is 17.8 Å². The fraction of sp³-hybridized carbons (Fsp3) is 0.226. The molecule has 1 saturated carbocycles. The van der Waals surface area contributed by atoms with Crippen LogP contribution in [0.4, 0.5) is 21.6 Å². The summed E-state index contributed by atoms with van der Waals surface area (Å²) in [5.74, 6) is -0.841. The van der Waals surface area contributed by atoms with Crippen molar-refractivity contribution in [3.8, 4) is 22.4 Å². The molecule has 9 nitrogen and oxygen atoms in total. The van der Waals surface area contributed by atoms with E-state index in [9.17, 15) is 8.42 Å². The molecule has 0 unspecified atom stereocenters. The number of halogens is 2. The van der Waals surface area contributed by atoms with Crippen LogP contribution in [-0.4, -0.2) is 42.4 Å². The summed E-state index contributed by atoms with van der Waals surface area (Å²) < 4.78 is 50.6. The number of nitrogens with one attached hydrogen (secondary N) is 2. The van der Waals surface area contributed by atoms with E-state index < -0.39 is 15.8 Å². The number of fused-ring (bicyclic) bond motifs is 1. The summed E-state index contributed by atoms with van der Waals surface area (Å²) >= 11 is 6.13. The predicted octanol–water partition coefficient (Wildman–Crippen LogP) is 6.23. The number of ether oxygens (including phenoxy) is 1. The average Bonchev–Trinajstić information content (AvgIpc) is 3.73. The highest BCUT2D eigenvalue weighted by Crippen LogP contribution is 2.44. The van der Waals surface area contributed by atoms with Crippen molar-refractivity contribution in [3.63, 3.8) is 0 Å². The fourth-order valence-electron chi connectivity index (χ4n) is 5.26. The van der Waals surface area contributed by atoms with Crippen molar-refractivity contribution in [1.82, 2.24) is 14.8 Å². The Bertz CT molecular complexity index is 1960. The Hall–Kier alpha value is -4.19. The van der Waals surface area contributed by atoms with Gasteiger partial charge in [-0.15, -0.1) is 0 Å². The Morgan fingerprint density at radius 1 is 1.05 bits per heavy atom. The number of rotatable bonds is 9. The lowest BCUT2D eigenvalue weighted by atomic mass is 10.0. The SMILES string of the molecule is Nc1ncc(-c2ccc(NC3COC3)cc2)c2c1c(-c1ccc(NS(=O)(=O)Cc3ccccc3Cl)c(F)c1)nn2C1CC1. The largest absolute Gasteiger partial charge is 0.383 e. The van der Waals surface area contributed by atoms with E-state index in [1.165, 1.54) is 12.1 Å². The number of anilines is 3. The van der Waals surface area contributed by atoms with Gasteiger partial charge in [0.2, 0.25) is 10.0 Å². The van der Waals surface area contributed by atoms with E-state index in [1.54, 1.807) is 36.5 Å². The van der Waals surface area contributed by atoms with Gasteiger partial charge in [0.15, 0.2) is 0 Å². The van der Waals surface area contributed by atoms with E-state index in [2.05, 4.69) is 15.0 Å². The smallest absolute Gasteiger partial charge is 0.237 e. The summed E-state index contributed by atoms with van der Waals surface area (Å²) in [4.78, 5) is 4.49. The van der Waals surface area contributed by atoms with Crippen LogP contribution in [-0.2, 0) is 20.5 Å². The van der Waals surface area contributed by atoms with E-state index in [-0.39, 0.29) is 23.3 Å². The molecule has 2 aliphatic rings. The monoisotopic (exact) mass is 618 g/mol. The molecule has 0 radical (unpaired) electrons. The molecule has 1 aliphatic heterocycles. The molecule has 3 heterocycles. The first kappa shape index (κ1) is 27.6. The molecule has 0 amide bonds. The molecule has 5 aromatic rings. The maximum Gasteiger partial charge on any atom is 0.237 e. The Kier molecular flexibility index (Phi) is 6.95. The van der Waals surface area contributed by atoms with Crippen LogP contribution in [0.5, 0.6) is 0 Å². The molecule has 0 spiro atoms. The Balaban J connectivity index is 1.23. The zero-order valence-electron chi connectivity index (χ0n) is 22.9. The van der Waals surface area contributed by atoms with Crippen molar-refractivity contribution < 1.29 is 17.5 Å². The van der Waals surface area contributed by atoms with E-state index >= 15 is 4.39 Å². The van der Waals surface area contributed by atoms with Gasteiger partial charge in [-0.05, 0) is 54.3 Å². The van der Waals surface area contributed by atoms with Crippen LogP contribution in [0.25, 0.3) is 33.3 Å². The summed E-state index contributed by atoms with van der Waals surface area (Å²) in [5, 5.41) is 9.30. The molecule has 1 saturated heterocycles.